The number of anilines is 1. The number of sulfonamides is 1. The van der Waals surface area contributed by atoms with Crippen LogP contribution in [0, 0.1) is 12.8 Å². The van der Waals surface area contributed by atoms with Crippen molar-refractivity contribution in [1.82, 2.24) is 4.98 Å². The van der Waals surface area contributed by atoms with E-state index in [1.54, 1.807) is 13.0 Å². The number of pyridine rings is 1. The van der Waals surface area contributed by atoms with E-state index in [-0.39, 0.29) is 11.3 Å². The van der Waals surface area contributed by atoms with Gasteiger partial charge in [-0.25, -0.2) is 8.42 Å². The van der Waals surface area contributed by atoms with Crippen molar-refractivity contribution in [2.75, 3.05) is 10.5 Å². The molecule has 106 valence electrons. The standard InChI is InChI=1S/C13H20N2O3S/c1-10-8-12(9-14-13(10)16)15-19(17,18)7-6-11-4-2-3-5-11/h8-9,11,15H,2-7H2,1H3,(H,14,16). The van der Waals surface area contributed by atoms with Gasteiger partial charge in [0.25, 0.3) is 5.56 Å². The van der Waals surface area contributed by atoms with Gasteiger partial charge in [0.1, 0.15) is 0 Å². The van der Waals surface area contributed by atoms with E-state index in [0.717, 1.165) is 19.3 Å². The lowest BCUT2D eigenvalue weighted by Gasteiger charge is -2.11. The summed E-state index contributed by atoms with van der Waals surface area (Å²) in [5, 5.41) is 0. The molecule has 0 unspecified atom stereocenters. The molecule has 0 aliphatic heterocycles. The fourth-order valence-electron chi connectivity index (χ4n) is 2.51. The van der Waals surface area contributed by atoms with E-state index in [0.29, 0.717) is 17.2 Å². The first kappa shape index (κ1) is 14.1. The maximum absolute atomic E-state index is 11.9. The number of aromatic amines is 1. The first-order chi connectivity index (χ1) is 8.96. The molecule has 1 aliphatic rings. The molecule has 1 heterocycles. The van der Waals surface area contributed by atoms with Crippen molar-refractivity contribution in [2.45, 2.75) is 39.0 Å². The topological polar surface area (TPSA) is 79.0 Å². The molecular formula is C13H20N2O3S. The monoisotopic (exact) mass is 284 g/mol. The molecule has 1 saturated carbocycles. The van der Waals surface area contributed by atoms with E-state index in [1.165, 1.54) is 19.0 Å². The Labute approximate surface area is 113 Å². The molecule has 0 saturated heterocycles. The smallest absolute Gasteiger partial charge is 0.250 e. The van der Waals surface area contributed by atoms with Gasteiger partial charge in [-0.3, -0.25) is 9.52 Å². The molecule has 0 amide bonds. The Balaban J connectivity index is 1.95. The van der Waals surface area contributed by atoms with Crippen molar-refractivity contribution in [3.8, 4) is 0 Å². The Morgan fingerprint density at radius 2 is 2.05 bits per heavy atom. The van der Waals surface area contributed by atoms with Crippen LogP contribution < -0.4 is 10.3 Å². The molecule has 6 heteroatoms. The van der Waals surface area contributed by atoms with Crippen LogP contribution in [-0.4, -0.2) is 19.2 Å². The maximum Gasteiger partial charge on any atom is 0.250 e. The van der Waals surface area contributed by atoms with E-state index < -0.39 is 10.0 Å². The highest BCUT2D eigenvalue weighted by molar-refractivity contribution is 7.92. The SMILES string of the molecule is Cc1cc(NS(=O)(=O)CCC2CCCC2)c[nH]c1=O. The highest BCUT2D eigenvalue weighted by atomic mass is 32.2. The molecule has 1 aromatic rings. The number of rotatable bonds is 5. The average molecular weight is 284 g/mol. The third kappa shape index (κ3) is 4.09. The van der Waals surface area contributed by atoms with Crippen molar-refractivity contribution in [1.29, 1.82) is 0 Å². The third-order valence-electron chi connectivity index (χ3n) is 3.63. The Morgan fingerprint density at radius 1 is 1.37 bits per heavy atom. The minimum Gasteiger partial charge on any atom is -0.327 e. The lowest BCUT2D eigenvalue weighted by atomic mass is 10.1. The van der Waals surface area contributed by atoms with Crippen molar-refractivity contribution in [2.24, 2.45) is 5.92 Å². The van der Waals surface area contributed by atoms with Crippen LogP contribution >= 0.6 is 0 Å². The summed E-state index contributed by atoms with van der Waals surface area (Å²) in [7, 11) is -3.32. The lowest BCUT2D eigenvalue weighted by Crippen LogP contribution is -2.19. The third-order valence-corrected chi connectivity index (χ3v) is 4.95. The summed E-state index contributed by atoms with van der Waals surface area (Å²) in [6.07, 6.45) is 6.84. The molecule has 1 aliphatic carbocycles. The number of hydrogen-bond acceptors (Lipinski definition) is 3. The molecule has 0 spiro atoms. The zero-order valence-electron chi connectivity index (χ0n) is 11.1. The minimum absolute atomic E-state index is 0.149. The summed E-state index contributed by atoms with van der Waals surface area (Å²) < 4.78 is 26.4. The molecule has 5 nitrogen and oxygen atoms in total. The number of aryl methyl sites for hydroxylation is 1. The maximum atomic E-state index is 11.9. The summed E-state index contributed by atoms with van der Waals surface area (Å²) in [5.41, 5.74) is 0.716. The van der Waals surface area contributed by atoms with Gasteiger partial charge >= 0.3 is 0 Å². The predicted octanol–water partition coefficient (Wildman–Crippen LogP) is 2.01. The van der Waals surface area contributed by atoms with Crippen LogP contribution in [0.2, 0.25) is 0 Å². The first-order valence-corrected chi connectivity index (χ1v) is 8.31. The van der Waals surface area contributed by atoms with Crippen LogP contribution in [0.3, 0.4) is 0 Å². The van der Waals surface area contributed by atoms with Crippen molar-refractivity contribution < 1.29 is 8.42 Å². The number of H-pyrrole nitrogens is 1. The Kier molecular flexibility index (Phi) is 4.29. The molecule has 0 atom stereocenters. The second kappa shape index (κ2) is 5.77. The number of nitrogens with one attached hydrogen (secondary N) is 2. The number of aromatic nitrogens is 1. The predicted molar refractivity (Wildman–Crippen MR) is 75.8 cm³/mol. The van der Waals surface area contributed by atoms with Crippen LogP contribution in [0.1, 0.15) is 37.7 Å². The van der Waals surface area contributed by atoms with Crippen LogP contribution in [0.4, 0.5) is 5.69 Å². The zero-order valence-corrected chi connectivity index (χ0v) is 11.9. The largest absolute Gasteiger partial charge is 0.327 e. The Hall–Kier alpha value is -1.30. The molecule has 1 fully saturated rings. The molecule has 2 rings (SSSR count). The molecule has 0 radical (unpaired) electrons. The molecule has 2 N–H and O–H groups in total. The second-order valence-electron chi connectivity index (χ2n) is 5.26. The number of hydrogen-bond donors (Lipinski definition) is 2. The molecule has 0 aromatic carbocycles. The van der Waals surface area contributed by atoms with Gasteiger partial charge in [0.2, 0.25) is 10.0 Å². The summed E-state index contributed by atoms with van der Waals surface area (Å²) in [4.78, 5) is 13.7. The van der Waals surface area contributed by atoms with Crippen LogP contribution in [-0.2, 0) is 10.0 Å². The van der Waals surface area contributed by atoms with E-state index in [4.69, 9.17) is 0 Å². The van der Waals surface area contributed by atoms with E-state index in [9.17, 15) is 13.2 Å². The molecule has 1 aromatic heterocycles. The van der Waals surface area contributed by atoms with Crippen molar-refractivity contribution >= 4 is 15.7 Å². The van der Waals surface area contributed by atoms with Gasteiger partial charge in [-0.2, -0.15) is 0 Å². The van der Waals surface area contributed by atoms with E-state index >= 15 is 0 Å². The van der Waals surface area contributed by atoms with Gasteiger partial charge < -0.3 is 4.98 Å². The van der Waals surface area contributed by atoms with Crippen LogP contribution in [0.15, 0.2) is 17.1 Å². The Morgan fingerprint density at radius 3 is 2.68 bits per heavy atom. The molecular weight excluding hydrogens is 264 g/mol. The van der Waals surface area contributed by atoms with Crippen LogP contribution in [0.25, 0.3) is 0 Å². The summed E-state index contributed by atoms with van der Waals surface area (Å²) >= 11 is 0. The summed E-state index contributed by atoms with van der Waals surface area (Å²) in [6.45, 7) is 1.65. The van der Waals surface area contributed by atoms with Gasteiger partial charge in [0.05, 0.1) is 11.4 Å². The zero-order chi connectivity index (χ0) is 13.9. The van der Waals surface area contributed by atoms with Gasteiger partial charge in [-0.15, -0.1) is 0 Å². The highest BCUT2D eigenvalue weighted by Crippen LogP contribution is 2.27. The average Bonchev–Trinajstić information content (AvgIpc) is 2.84. The quantitative estimate of drug-likeness (QED) is 0.868. The first-order valence-electron chi connectivity index (χ1n) is 6.66. The lowest BCUT2D eigenvalue weighted by molar-refractivity contribution is 0.522. The highest BCUT2D eigenvalue weighted by Gasteiger charge is 2.19. The molecule has 0 bridgehead atoms. The van der Waals surface area contributed by atoms with Crippen LogP contribution in [0.5, 0.6) is 0 Å². The fraction of sp³-hybridized carbons (Fsp3) is 0.615. The minimum atomic E-state index is -3.32. The van der Waals surface area contributed by atoms with Gasteiger partial charge in [-0.1, -0.05) is 25.7 Å². The second-order valence-corrected chi connectivity index (χ2v) is 7.10. The summed E-state index contributed by atoms with van der Waals surface area (Å²) in [6, 6.07) is 1.55. The fourth-order valence-corrected chi connectivity index (χ4v) is 3.73. The van der Waals surface area contributed by atoms with Gasteiger partial charge in [-0.05, 0) is 25.3 Å². The Bertz CT molecular complexity index is 586. The van der Waals surface area contributed by atoms with E-state index in [2.05, 4.69) is 9.71 Å². The van der Waals surface area contributed by atoms with E-state index in [1.807, 2.05) is 0 Å². The van der Waals surface area contributed by atoms with Crippen molar-refractivity contribution in [3.05, 3.63) is 28.2 Å². The normalized spacial score (nSPS) is 16.7. The van der Waals surface area contributed by atoms with Gasteiger partial charge in [0, 0.05) is 11.8 Å². The van der Waals surface area contributed by atoms with Crippen molar-refractivity contribution in [3.63, 3.8) is 0 Å². The van der Waals surface area contributed by atoms with Gasteiger partial charge in [0.15, 0.2) is 0 Å². The molecule has 19 heavy (non-hydrogen) atoms. The summed E-state index contributed by atoms with van der Waals surface area (Å²) in [5.74, 6) is 0.699.